The first-order valence-corrected chi connectivity index (χ1v) is 10.0. The van der Waals surface area contributed by atoms with Gasteiger partial charge < -0.3 is 15.4 Å². The van der Waals surface area contributed by atoms with Crippen molar-refractivity contribution in [3.05, 3.63) is 88.9 Å². The van der Waals surface area contributed by atoms with Gasteiger partial charge in [-0.2, -0.15) is 0 Å². The summed E-state index contributed by atoms with van der Waals surface area (Å²) >= 11 is 3.38. The highest BCUT2D eigenvalue weighted by Gasteiger charge is 2.06. The number of amides is 1. The average molecular weight is 439 g/mol. The number of anilines is 2. The molecule has 28 heavy (non-hydrogen) atoms. The van der Waals surface area contributed by atoms with Crippen LogP contribution in [0.25, 0.3) is 0 Å². The van der Waals surface area contributed by atoms with Gasteiger partial charge in [-0.3, -0.25) is 4.79 Å². The number of ether oxygens (including phenoxy) is 1. The molecule has 3 rings (SSSR count). The van der Waals surface area contributed by atoms with Crippen molar-refractivity contribution in [2.75, 3.05) is 23.8 Å². The van der Waals surface area contributed by atoms with Crippen molar-refractivity contribution in [2.24, 2.45) is 0 Å². The van der Waals surface area contributed by atoms with E-state index in [2.05, 4.69) is 50.8 Å². The van der Waals surface area contributed by atoms with E-state index in [-0.39, 0.29) is 12.5 Å². The van der Waals surface area contributed by atoms with Crippen LogP contribution in [0.2, 0.25) is 0 Å². The zero-order valence-electron chi connectivity index (χ0n) is 15.5. The lowest BCUT2D eigenvalue weighted by molar-refractivity contribution is -0.114. The van der Waals surface area contributed by atoms with Crippen molar-refractivity contribution in [1.29, 1.82) is 0 Å². The molecule has 0 radical (unpaired) electrons. The van der Waals surface area contributed by atoms with Gasteiger partial charge in [0.1, 0.15) is 5.75 Å². The maximum absolute atomic E-state index is 12.2. The molecule has 0 spiro atoms. The van der Waals surface area contributed by atoms with Crippen molar-refractivity contribution in [3.8, 4) is 5.75 Å². The monoisotopic (exact) mass is 438 g/mol. The second-order valence-electron chi connectivity index (χ2n) is 6.34. The minimum Gasteiger partial charge on any atom is -0.491 e. The number of carbonyl (C=O) groups is 1. The summed E-state index contributed by atoms with van der Waals surface area (Å²) in [6.45, 7) is 0.791. The molecular formula is C23H23BrN2O2. The maximum atomic E-state index is 12.2. The summed E-state index contributed by atoms with van der Waals surface area (Å²) in [5, 5.41) is 6.02. The summed E-state index contributed by atoms with van der Waals surface area (Å²) in [5.41, 5.74) is 2.88. The van der Waals surface area contributed by atoms with E-state index >= 15 is 0 Å². The molecule has 144 valence electrons. The zero-order chi connectivity index (χ0) is 19.6. The van der Waals surface area contributed by atoms with Crippen LogP contribution in [0.1, 0.15) is 12.0 Å². The van der Waals surface area contributed by atoms with Gasteiger partial charge in [-0.15, -0.1) is 0 Å². The summed E-state index contributed by atoms with van der Waals surface area (Å²) in [6.07, 6.45) is 1.91. The summed E-state index contributed by atoms with van der Waals surface area (Å²) in [5.74, 6) is 0.646. The van der Waals surface area contributed by atoms with Crippen molar-refractivity contribution in [2.45, 2.75) is 12.8 Å². The molecule has 0 heterocycles. The first kappa shape index (κ1) is 20.0. The first-order chi connectivity index (χ1) is 13.7. The van der Waals surface area contributed by atoms with E-state index in [0.29, 0.717) is 6.61 Å². The number of halogens is 1. The van der Waals surface area contributed by atoms with Gasteiger partial charge in [0, 0.05) is 10.2 Å². The molecule has 2 N–H and O–H groups in total. The molecular weight excluding hydrogens is 416 g/mol. The third kappa shape index (κ3) is 6.43. The van der Waals surface area contributed by atoms with E-state index in [0.717, 1.165) is 34.4 Å². The highest BCUT2D eigenvalue weighted by Crippen LogP contribution is 2.24. The minimum absolute atomic E-state index is 0.110. The fourth-order valence-corrected chi connectivity index (χ4v) is 3.02. The van der Waals surface area contributed by atoms with Gasteiger partial charge in [0.15, 0.2) is 0 Å². The zero-order valence-corrected chi connectivity index (χ0v) is 17.1. The lowest BCUT2D eigenvalue weighted by atomic mass is 10.1. The third-order valence-electron chi connectivity index (χ3n) is 4.16. The number of carbonyl (C=O) groups excluding carboxylic acids is 1. The Morgan fingerprint density at radius 1 is 0.893 bits per heavy atom. The molecule has 0 saturated heterocycles. The van der Waals surface area contributed by atoms with Crippen LogP contribution in [0.5, 0.6) is 5.75 Å². The predicted molar refractivity (Wildman–Crippen MR) is 118 cm³/mol. The van der Waals surface area contributed by atoms with Crippen LogP contribution in [0, 0.1) is 0 Å². The van der Waals surface area contributed by atoms with E-state index in [1.165, 1.54) is 5.56 Å². The summed E-state index contributed by atoms with van der Waals surface area (Å²) in [7, 11) is 0. The number of benzene rings is 3. The van der Waals surface area contributed by atoms with Crippen LogP contribution in [0.15, 0.2) is 83.3 Å². The van der Waals surface area contributed by atoms with Crippen molar-refractivity contribution >= 4 is 33.2 Å². The summed E-state index contributed by atoms with van der Waals surface area (Å²) in [6, 6.07) is 25.5. The van der Waals surface area contributed by atoms with Crippen molar-refractivity contribution < 1.29 is 9.53 Å². The quantitative estimate of drug-likeness (QED) is 0.432. The predicted octanol–water partition coefficient (Wildman–Crippen LogP) is 5.51. The van der Waals surface area contributed by atoms with Crippen molar-refractivity contribution in [1.82, 2.24) is 0 Å². The van der Waals surface area contributed by atoms with Crippen LogP contribution in [-0.4, -0.2) is 19.1 Å². The Hall–Kier alpha value is -2.79. The number of aryl methyl sites for hydroxylation is 1. The second-order valence-corrected chi connectivity index (χ2v) is 7.26. The van der Waals surface area contributed by atoms with E-state index in [9.17, 15) is 4.79 Å². The second kappa shape index (κ2) is 10.5. The Balaban J connectivity index is 1.46. The molecule has 0 aromatic heterocycles. The molecule has 0 aliphatic rings. The number of nitrogens with one attached hydrogen (secondary N) is 2. The Morgan fingerprint density at radius 2 is 1.61 bits per heavy atom. The molecule has 0 saturated carbocycles. The van der Waals surface area contributed by atoms with Gasteiger partial charge in [-0.05, 0) is 54.8 Å². The number of hydrogen-bond donors (Lipinski definition) is 2. The number of rotatable bonds is 9. The van der Waals surface area contributed by atoms with Crippen LogP contribution < -0.4 is 15.4 Å². The fourth-order valence-electron chi connectivity index (χ4n) is 2.76. The van der Waals surface area contributed by atoms with E-state index in [1.807, 2.05) is 54.6 Å². The minimum atomic E-state index is -0.110. The molecule has 0 atom stereocenters. The van der Waals surface area contributed by atoms with Crippen LogP contribution in [0.4, 0.5) is 11.4 Å². The molecule has 3 aromatic rings. The van der Waals surface area contributed by atoms with Crippen LogP contribution in [0.3, 0.4) is 0 Å². The molecule has 3 aromatic carbocycles. The molecule has 4 nitrogen and oxygen atoms in total. The van der Waals surface area contributed by atoms with Crippen LogP contribution >= 0.6 is 15.9 Å². The third-order valence-corrected chi connectivity index (χ3v) is 4.69. The lowest BCUT2D eigenvalue weighted by Gasteiger charge is -2.13. The molecule has 0 fully saturated rings. The summed E-state index contributed by atoms with van der Waals surface area (Å²) in [4.78, 5) is 12.2. The van der Waals surface area contributed by atoms with Gasteiger partial charge in [0.05, 0.1) is 18.8 Å². The van der Waals surface area contributed by atoms with Gasteiger partial charge in [0.25, 0.3) is 0 Å². The standard InChI is InChI=1S/C23H23BrN2O2/c24-19-12-14-20(15-13-19)26-23(27)17-25-21-10-4-5-11-22(21)28-16-6-9-18-7-2-1-3-8-18/h1-5,7-8,10-15,25H,6,9,16-17H2,(H,26,27). The largest absolute Gasteiger partial charge is 0.491 e. The van der Waals surface area contributed by atoms with E-state index in [4.69, 9.17) is 4.74 Å². The molecule has 0 aliphatic heterocycles. The van der Waals surface area contributed by atoms with Crippen LogP contribution in [-0.2, 0) is 11.2 Å². The molecule has 0 bridgehead atoms. The summed E-state index contributed by atoms with van der Waals surface area (Å²) < 4.78 is 6.90. The van der Waals surface area contributed by atoms with Crippen molar-refractivity contribution in [3.63, 3.8) is 0 Å². The Labute approximate surface area is 174 Å². The van der Waals surface area contributed by atoms with Gasteiger partial charge in [-0.25, -0.2) is 0 Å². The number of hydrogen-bond acceptors (Lipinski definition) is 3. The molecule has 1 amide bonds. The highest BCUT2D eigenvalue weighted by molar-refractivity contribution is 9.10. The highest BCUT2D eigenvalue weighted by atomic mass is 79.9. The van der Waals surface area contributed by atoms with E-state index in [1.54, 1.807) is 0 Å². The normalized spacial score (nSPS) is 10.3. The Bertz CT molecular complexity index is 883. The Morgan fingerprint density at radius 3 is 2.39 bits per heavy atom. The molecule has 0 aliphatic carbocycles. The number of para-hydroxylation sites is 2. The van der Waals surface area contributed by atoms with Gasteiger partial charge in [-0.1, -0.05) is 58.4 Å². The fraction of sp³-hybridized carbons (Fsp3) is 0.174. The van der Waals surface area contributed by atoms with Gasteiger partial charge in [0.2, 0.25) is 5.91 Å². The Kier molecular flexibility index (Phi) is 7.50. The SMILES string of the molecule is O=C(CNc1ccccc1OCCCc1ccccc1)Nc1ccc(Br)cc1. The van der Waals surface area contributed by atoms with Gasteiger partial charge >= 0.3 is 0 Å². The average Bonchev–Trinajstić information content (AvgIpc) is 2.73. The molecule has 5 heteroatoms. The van der Waals surface area contributed by atoms with E-state index < -0.39 is 0 Å². The maximum Gasteiger partial charge on any atom is 0.243 e. The smallest absolute Gasteiger partial charge is 0.243 e. The molecule has 0 unspecified atom stereocenters. The topological polar surface area (TPSA) is 50.4 Å². The first-order valence-electron chi connectivity index (χ1n) is 9.26. The lowest BCUT2D eigenvalue weighted by Crippen LogP contribution is -2.22.